The fourth-order valence-electron chi connectivity index (χ4n) is 2.17. The van der Waals surface area contributed by atoms with Gasteiger partial charge in [0.15, 0.2) is 0 Å². The highest BCUT2D eigenvalue weighted by molar-refractivity contribution is 6.31. The van der Waals surface area contributed by atoms with Gasteiger partial charge < -0.3 is 5.11 Å². The summed E-state index contributed by atoms with van der Waals surface area (Å²) in [7, 11) is 0. The third-order valence-electron chi connectivity index (χ3n) is 3.26. The van der Waals surface area contributed by atoms with Gasteiger partial charge in [-0.15, -0.1) is 0 Å². The lowest BCUT2D eigenvalue weighted by atomic mass is 10.1. The van der Waals surface area contributed by atoms with E-state index in [1.165, 1.54) is 17.1 Å². The van der Waals surface area contributed by atoms with Crippen LogP contribution in [-0.2, 0) is 6.54 Å². The molecule has 0 bridgehead atoms. The van der Waals surface area contributed by atoms with Crippen LogP contribution in [0.2, 0.25) is 5.02 Å². The Morgan fingerprint density at radius 2 is 2.10 bits per heavy atom. The molecule has 0 amide bonds. The summed E-state index contributed by atoms with van der Waals surface area (Å²) in [5, 5.41) is 11.2. The molecule has 0 fully saturated rings. The Morgan fingerprint density at radius 1 is 1.29 bits per heavy atom. The molecule has 1 unspecified atom stereocenters. The van der Waals surface area contributed by atoms with Crippen LogP contribution < -0.4 is 5.56 Å². The van der Waals surface area contributed by atoms with E-state index in [4.69, 9.17) is 11.6 Å². The minimum Gasteiger partial charge on any atom is -0.386 e. The normalized spacial score (nSPS) is 12.5. The number of halogens is 1. The van der Waals surface area contributed by atoms with E-state index in [1.807, 2.05) is 0 Å². The molecule has 0 saturated carbocycles. The van der Waals surface area contributed by atoms with Crippen molar-refractivity contribution >= 4 is 22.5 Å². The van der Waals surface area contributed by atoms with Crippen molar-refractivity contribution in [3.8, 4) is 0 Å². The Bertz CT molecular complexity index is 847. The Kier molecular flexibility index (Phi) is 3.68. The number of fused-ring (bicyclic) bond motifs is 1. The predicted molar refractivity (Wildman–Crippen MR) is 80.2 cm³/mol. The van der Waals surface area contributed by atoms with Crippen molar-refractivity contribution in [2.24, 2.45) is 0 Å². The highest BCUT2D eigenvalue weighted by atomic mass is 35.5. The molecule has 1 atom stereocenters. The molecule has 21 heavy (non-hydrogen) atoms. The van der Waals surface area contributed by atoms with E-state index in [1.54, 1.807) is 36.5 Å². The van der Waals surface area contributed by atoms with Crippen molar-refractivity contribution in [1.82, 2.24) is 14.5 Å². The van der Waals surface area contributed by atoms with Gasteiger partial charge in [0.05, 0.1) is 36.1 Å². The fourth-order valence-corrected chi connectivity index (χ4v) is 2.43. The highest BCUT2D eigenvalue weighted by Gasteiger charge is 2.13. The van der Waals surface area contributed by atoms with Gasteiger partial charge in [0, 0.05) is 16.8 Å². The Morgan fingerprint density at radius 3 is 2.90 bits per heavy atom. The third kappa shape index (κ3) is 2.66. The first-order valence-corrected chi connectivity index (χ1v) is 6.76. The number of pyridine rings is 1. The van der Waals surface area contributed by atoms with Crippen LogP contribution >= 0.6 is 11.6 Å². The number of nitrogens with zero attached hydrogens (tertiary/aromatic N) is 3. The van der Waals surface area contributed by atoms with Crippen molar-refractivity contribution < 1.29 is 5.11 Å². The van der Waals surface area contributed by atoms with Gasteiger partial charge in [-0.25, -0.2) is 4.98 Å². The second-order valence-corrected chi connectivity index (χ2v) is 5.04. The van der Waals surface area contributed by atoms with Gasteiger partial charge >= 0.3 is 0 Å². The van der Waals surface area contributed by atoms with E-state index in [0.29, 0.717) is 21.5 Å². The van der Waals surface area contributed by atoms with Crippen molar-refractivity contribution in [1.29, 1.82) is 0 Å². The lowest BCUT2D eigenvalue weighted by Crippen LogP contribution is -2.23. The van der Waals surface area contributed by atoms with E-state index < -0.39 is 6.10 Å². The maximum Gasteiger partial charge on any atom is 0.261 e. The molecular weight excluding hydrogens is 290 g/mol. The molecular formula is C15H12ClN3O2. The van der Waals surface area contributed by atoms with Crippen LogP contribution in [0.5, 0.6) is 0 Å². The van der Waals surface area contributed by atoms with Gasteiger partial charge in [0.25, 0.3) is 5.56 Å². The summed E-state index contributed by atoms with van der Waals surface area (Å²) < 4.78 is 1.37. The van der Waals surface area contributed by atoms with Gasteiger partial charge in [-0.3, -0.25) is 14.3 Å². The van der Waals surface area contributed by atoms with Crippen LogP contribution in [0, 0.1) is 0 Å². The first kappa shape index (κ1) is 13.7. The van der Waals surface area contributed by atoms with Crippen LogP contribution in [0.15, 0.2) is 53.8 Å². The van der Waals surface area contributed by atoms with Crippen molar-refractivity contribution in [3.63, 3.8) is 0 Å². The summed E-state index contributed by atoms with van der Waals surface area (Å²) in [6.07, 6.45) is 3.61. The quantitative estimate of drug-likeness (QED) is 0.805. The molecule has 0 radical (unpaired) electrons. The average molecular weight is 302 g/mol. The number of aromatic nitrogens is 3. The second kappa shape index (κ2) is 5.63. The van der Waals surface area contributed by atoms with Crippen LogP contribution in [0.3, 0.4) is 0 Å². The maximum absolute atomic E-state index is 12.3. The molecule has 2 aromatic heterocycles. The zero-order chi connectivity index (χ0) is 14.8. The van der Waals surface area contributed by atoms with E-state index in [9.17, 15) is 9.90 Å². The van der Waals surface area contributed by atoms with E-state index in [-0.39, 0.29) is 12.1 Å². The first-order valence-electron chi connectivity index (χ1n) is 6.38. The topological polar surface area (TPSA) is 68.0 Å². The van der Waals surface area contributed by atoms with Gasteiger partial charge in [-0.05, 0) is 12.1 Å². The number of hydrogen-bond acceptors (Lipinski definition) is 4. The molecule has 5 nitrogen and oxygen atoms in total. The zero-order valence-electron chi connectivity index (χ0n) is 11.0. The van der Waals surface area contributed by atoms with E-state index in [0.717, 1.165) is 0 Å². The molecule has 0 saturated heterocycles. The van der Waals surface area contributed by atoms with Crippen molar-refractivity contribution in [2.45, 2.75) is 12.6 Å². The zero-order valence-corrected chi connectivity index (χ0v) is 11.7. The molecule has 0 aliphatic heterocycles. The lowest BCUT2D eigenvalue weighted by molar-refractivity contribution is 0.155. The van der Waals surface area contributed by atoms with Gasteiger partial charge in [-0.1, -0.05) is 29.8 Å². The van der Waals surface area contributed by atoms with E-state index >= 15 is 0 Å². The SMILES string of the molecule is O=c1c2ccncc2ncn1CC(O)c1ccccc1Cl. The molecule has 3 rings (SSSR count). The van der Waals surface area contributed by atoms with Crippen LogP contribution in [0.25, 0.3) is 10.9 Å². The monoisotopic (exact) mass is 301 g/mol. The molecule has 3 aromatic rings. The molecule has 0 spiro atoms. The lowest BCUT2D eigenvalue weighted by Gasteiger charge is -2.14. The standard InChI is InChI=1S/C15H12ClN3O2/c16-12-4-2-1-3-10(12)14(20)8-19-9-18-13-7-17-6-5-11(13)15(19)21/h1-7,9,14,20H,8H2. The smallest absolute Gasteiger partial charge is 0.261 e. The number of benzene rings is 1. The van der Waals surface area contributed by atoms with Crippen molar-refractivity contribution in [3.05, 3.63) is 70.0 Å². The number of rotatable bonds is 3. The van der Waals surface area contributed by atoms with Crippen LogP contribution in [0.4, 0.5) is 0 Å². The average Bonchev–Trinajstić information content (AvgIpc) is 2.51. The minimum atomic E-state index is -0.877. The molecule has 0 aliphatic rings. The van der Waals surface area contributed by atoms with E-state index in [2.05, 4.69) is 9.97 Å². The summed E-state index contributed by atoms with van der Waals surface area (Å²) in [5.41, 5.74) is 0.903. The maximum atomic E-state index is 12.3. The van der Waals surface area contributed by atoms with Gasteiger partial charge in [-0.2, -0.15) is 0 Å². The number of aliphatic hydroxyl groups is 1. The Balaban J connectivity index is 1.97. The molecule has 106 valence electrons. The number of hydrogen-bond donors (Lipinski definition) is 1. The van der Waals surface area contributed by atoms with Crippen LogP contribution in [-0.4, -0.2) is 19.6 Å². The predicted octanol–water partition coefficient (Wildman–Crippen LogP) is 2.18. The Labute approximate surface area is 125 Å². The van der Waals surface area contributed by atoms with Gasteiger partial charge in [0.1, 0.15) is 0 Å². The fraction of sp³-hybridized carbons (Fsp3) is 0.133. The second-order valence-electron chi connectivity index (χ2n) is 4.63. The first-order chi connectivity index (χ1) is 10.2. The summed E-state index contributed by atoms with van der Waals surface area (Å²) in [4.78, 5) is 20.4. The Hall–Kier alpha value is -2.24. The molecule has 2 heterocycles. The summed E-state index contributed by atoms with van der Waals surface area (Å²) in [5.74, 6) is 0. The summed E-state index contributed by atoms with van der Waals surface area (Å²) in [6.45, 7) is 0.0911. The number of aliphatic hydroxyl groups excluding tert-OH is 1. The highest BCUT2D eigenvalue weighted by Crippen LogP contribution is 2.23. The molecule has 1 N–H and O–H groups in total. The molecule has 6 heteroatoms. The minimum absolute atomic E-state index is 0.0911. The largest absolute Gasteiger partial charge is 0.386 e. The molecule has 1 aromatic carbocycles. The summed E-state index contributed by atoms with van der Waals surface area (Å²) in [6, 6.07) is 8.62. The van der Waals surface area contributed by atoms with Gasteiger partial charge in [0.2, 0.25) is 0 Å². The van der Waals surface area contributed by atoms with Crippen LogP contribution in [0.1, 0.15) is 11.7 Å². The molecule has 0 aliphatic carbocycles. The third-order valence-corrected chi connectivity index (χ3v) is 3.61. The van der Waals surface area contributed by atoms with Crippen molar-refractivity contribution in [2.75, 3.05) is 0 Å². The summed E-state index contributed by atoms with van der Waals surface area (Å²) >= 11 is 6.05.